The number of fused-ring (bicyclic) bond motifs is 3. The van der Waals surface area contributed by atoms with E-state index < -0.39 is 0 Å². The van der Waals surface area contributed by atoms with E-state index in [1.165, 1.54) is 53.5 Å². The number of rotatable bonds is 9. The summed E-state index contributed by atoms with van der Waals surface area (Å²) in [5.74, 6) is 0.417. The van der Waals surface area contributed by atoms with Gasteiger partial charge in [0, 0.05) is 23.3 Å². The van der Waals surface area contributed by atoms with Crippen molar-refractivity contribution in [2.24, 2.45) is 16.1 Å². The topological polar surface area (TPSA) is 24.7 Å². The van der Waals surface area contributed by atoms with Crippen LogP contribution in [0, 0.1) is 5.92 Å². The Morgan fingerprint density at radius 3 is 1.93 bits per heavy atom. The normalized spacial score (nSPS) is 13.3. The summed E-state index contributed by atoms with van der Waals surface area (Å²) < 4.78 is 0. The Morgan fingerprint density at radius 2 is 1.30 bits per heavy atom. The van der Waals surface area contributed by atoms with Gasteiger partial charge in [-0.25, -0.2) is 0 Å². The van der Waals surface area contributed by atoms with Gasteiger partial charge in [0.1, 0.15) is 5.71 Å². The molecule has 0 heterocycles. The van der Waals surface area contributed by atoms with Crippen LogP contribution in [0.25, 0.3) is 11.1 Å². The lowest BCUT2D eigenvalue weighted by Gasteiger charge is -2.11. The zero-order valence-electron chi connectivity index (χ0n) is 17.8. The smallest absolute Gasteiger partial charge is 0.101 e. The summed E-state index contributed by atoms with van der Waals surface area (Å²) in [6.07, 6.45) is 9.39. The number of unbranched alkanes of at least 4 members (excludes halogenated alkanes) is 3. The zero-order chi connectivity index (χ0) is 20.6. The van der Waals surface area contributed by atoms with E-state index in [1.807, 2.05) is 0 Å². The molecule has 0 aliphatic heterocycles. The Kier molecular flexibility index (Phi) is 6.87. The van der Waals surface area contributed by atoms with Crippen molar-refractivity contribution in [3.05, 3.63) is 95.6 Å². The summed E-state index contributed by atoms with van der Waals surface area (Å²) in [6, 6.07) is 27.7. The monoisotopic (exact) mass is 394 g/mol. The molecule has 30 heavy (non-hydrogen) atoms. The number of benzene rings is 3. The van der Waals surface area contributed by atoms with Crippen molar-refractivity contribution in [2.75, 3.05) is 0 Å². The molecule has 3 aromatic rings. The lowest BCUT2D eigenvalue weighted by molar-refractivity contribution is 0.555. The zero-order valence-corrected chi connectivity index (χ0v) is 17.8. The van der Waals surface area contributed by atoms with Gasteiger partial charge in [0.05, 0.1) is 0 Å². The molecule has 3 aromatic carbocycles. The first kappa shape index (κ1) is 20.3. The Hall–Kier alpha value is -3.00. The first-order valence-electron chi connectivity index (χ1n) is 11.2. The molecular formula is C28H30N2. The highest BCUT2D eigenvalue weighted by Gasteiger charge is 2.23. The average molecular weight is 395 g/mol. The minimum atomic E-state index is 0.417. The Bertz CT molecular complexity index is 970. The molecule has 2 nitrogen and oxygen atoms in total. The molecule has 1 unspecified atom stereocenters. The molecule has 0 bridgehead atoms. The molecule has 152 valence electrons. The molecule has 0 spiro atoms. The second-order valence-corrected chi connectivity index (χ2v) is 8.10. The molecule has 0 amide bonds. The number of nitrogens with zero attached hydrogens (tertiary/aromatic N) is 2. The molecule has 0 aromatic heterocycles. The van der Waals surface area contributed by atoms with Crippen LogP contribution >= 0.6 is 0 Å². The van der Waals surface area contributed by atoms with E-state index in [-0.39, 0.29) is 0 Å². The lowest BCUT2D eigenvalue weighted by atomic mass is 9.94. The second kappa shape index (κ2) is 10.2. The average Bonchev–Trinajstić information content (AvgIpc) is 3.11. The third kappa shape index (κ3) is 4.76. The molecule has 1 aliphatic carbocycles. The van der Waals surface area contributed by atoms with Crippen LogP contribution in [0.3, 0.4) is 0 Å². The maximum Gasteiger partial charge on any atom is 0.101 e. The van der Waals surface area contributed by atoms with Gasteiger partial charge in [0.15, 0.2) is 0 Å². The number of hydrogen-bond donors (Lipinski definition) is 0. The molecule has 4 rings (SSSR count). The first-order valence-corrected chi connectivity index (χ1v) is 11.2. The fourth-order valence-corrected chi connectivity index (χ4v) is 4.27. The van der Waals surface area contributed by atoms with E-state index >= 15 is 0 Å². The van der Waals surface area contributed by atoms with Crippen LogP contribution in [-0.2, 0) is 6.42 Å². The van der Waals surface area contributed by atoms with E-state index in [2.05, 4.69) is 97.1 Å². The van der Waals surface area contributed by atoms with E-state index in [0.29, 0.717) is 5.92 Å². The van der Waals surface area contributed by atoms with Crippen LogP contribution in [0.5, 0.6) is 0 Å². The quantitative estimate of drug-likeness (QED) is 0.161. The molecule has 0 radical (unpaired) electrons. The van der Waals surface area contributed by atoms with Crippen LogP contribution in [-0.4, -0.2) is 11.9 Å². The van der Waals surface area contributed by atoms with Gasteiger partial charge in [-0.15, -0.1) is 0 Å². The van der Waals surface area contributed by atoms with Gasteiger partial charge in [0.2, 0.25) is 0 Å². The van der Waals surface area contributed by atoms with Crippen molar-refractivity contribution < 1.29 is 0 Å². The van der Waals surface area contributed by atoms with Crippen molar-refractivity contribution >= 4 is 11.9 Å². The Morgan fingerprint density at radius 1 is 0.700 bits per heavy atom. The molecule has 1 atom stereocenters. The largest absolute Gasteiger partial charge is 0.163 e. The SMILES string of the molecule is CCCCCCC(/C=N/N=C1c2ccccc2-c2ccccc21)Cc1ccccc1. The summed E-state index contributed by atoms with van der Waals surface area (Å²) in [6.45, 7) is 2.26. The molecular weight excluding hydrogens is 364 g/mol. The molecule has 0 N–H and O–H groups in total. The molecule has 0 saturated carbocycles. The Balaban J connectivity index is 1.55. The van der Waals surface area contributed by atoms with E-state index in [0.717, 1.165) is 18.6 Å². The fourth-order valence-electron chi connectivity index (χ4n) is 4.27. The third-order valence-corrected chi connectivity index (χ3v) is 5.86. The summed E-state index contributed by atoms with van der Waals surface area (Å²) in [4.78, 5) is 0. The summed E-state index contributed by atoms with van der Waals surface area (Å²) in [7, 11) is 0. The predicted octanol–water partition coefficient (Wildman–Crippen LogP) is 7.32. The predicted molar refractivity (Wildman–Crippen MR) is 128 cm³/mol. The second-order valence-electron chi connectivity index (χ2n) is 8.10. The first-order chi connectivity index (χ1) is 14.9. The highest BCUT2D eigenvalue weighted by molar-refractivity contribution is 6.24. The number of hydrogen-bond acceptors (Lipinski definition) is 2. The fraction of sp³-hybridized carbons (Fsp3) is 0.286. The summed E-state index contributed by atoms with van der Waals surface area (Å²) >= 11 is 0. The lowest BCUT2D eigenvalue weighted by Crippen LogP contribution is -2.07. The summed E-state index contributed by atoms with van der Waals surface area (Å²) in [5.41, 5.74) is 7.22. The van der Waals surface area contributed by atoms with Gasteiger partial charge in [0.25, 0.3) is 0 Å². The van der Waals surface area contributed by atoms with E-state index in [9.17, 15) is 0 Å². The Labute approximate surface area is 180 Å². The van der Waals surface area contributed by atoms with Gasteiger partial charge in [-0.2, -0.15) is 10.2 Å². The highest BCUT2D eigenvalue weighted by Crippen LogP contribution is 2.36. The standard InChI is InChI=1S/C28H30N2/c1-2-3-4-6-15-23(20-22-13-7-5-8-14-22)21-29-30-28-26-18-11-9-16-24(26)25-17-10-12-19-27(25)28/h5,7-14,16-19,21,23H,2-4,6,15,20H2,1H3/b29-21+. The molecule has 2 heteroatoms. The van der Waals surface area contributed by atoms with Gasteiger partial charge < -0.3 is 0 Å². The molecule has 0 saturated heterocycles. The van der Waals surface area contributed by atoms with E-state index in [4.69, 9.17) is 5.10 Å². The van der Waals surface area contributed by atoms with Gasteiger partial charge >= 0.3 is 0 Å². The minimum absolute atomic E-state index is 0.417. The van der Waals surface area contributed by atoms with E-state index in [1.54, 1.807) is 0 Å². The molecule has 0 fully saturated rings. The maximum atomic E-state index is 4.72. The van der Waals surface area contributed by atoms with Crippen molar-refractivity contribution in [3.63, 3.8) is 0 Å². The van der Waals surface area contributed by atoms with Gasteiger partial charge in [-0.05, 0) is 29.5 Å². The third-order valence-electron chi connectivity index (χ3n) is 5.86. The van der Waals surface area contributed by atoms with Gasteiger partial charge in [-0.1, -0.05) is 111 Å². The van der Waals surface area contributed by atoms with Crippen LogP contribution in [0.2, 0.25) is 0 Å². The highest BCUT2D eigenvalue weighted by atomic mass is 15.2. The van der Waals surface area contributed by atoms with Crippen LogP contribution < -0.4 is 0 Å². The van der Waals surface area contributed by atoms with Crippen molar-refractivity contribution in [1.29, 1.82) is 0 Å². The maximum absolute atomic E-state index is 4.72. The van der Waals surface area contributed by atoms with Crippen LogP contribution in [0.4, 0.5) is 0 Å². The van der Waals surface area contributed by atoms with Crippen LogP contribution in [0.1, 0.15) is 55.7 Å². The van der Waals surface area contributed by atoms with Gasteiger partial charge in [-0.3, -0.25) is 0 Å². The minimum Gasteiger partial charge on any atom is -0.163 e. The summed E-state index contributed by atoms with van der Waals surface area (Å²) in [5, 5.41) is 9.33. The van der Waals surface area contributed by atoms with Crippen molar-refractivity contribution in [1.82, 2.24) is 0 Å². The van der Waals surface area contributed by atoms with Crippen molar-refractivity contribution in [2.45, 2.75) is 45.4 Å². The molecule has 1 aliphatic rings. The van der Waals surface area contributed by atoms with Crippen LogP contribution in [0.15, 0.2) is 89.1 Å². The van der Waals surface area contributed by atoms with Crippen molar-refractivity contribution in [3.8, 4) is 11.1 Å².